The second-order valence-electron chi connectivity index (χ2n) is 7.10. The largest absolute Gasteiger partial charge is 0.484 e. The molecule has 1 N–H and O–H groups in total. The molecule has 1 fully saturated rings. The van der Waals surface area contributed by atoms with E-state index in [1.165, 1.54) is 0 Å². The fourth-order valence-corrected chi connectivity index (χ4v) is 4.30. The summed E-state index contributed by atoms with van der Waals surface area (Å²) in [5.74, 6) is 0.638. The summed E-state index contributed by atoms with van der Waals surface area (Å²) in [6, 6.07) is 9.33. The monoisotopic (exact) mass is 403 g/mol. The lowest BCUT2D eigenvalue weighted by molar-refractivity contribution is -0.138. The van der Waals surface area contributed by atoms with Gasteiger partial charge in [0.15, 0.2) is 6.61 Å². The van der Waals surface area contributed by atoms with Gasteiger partial charge in [-0.2, -0.15) is 0 Å². The first-order valence-electron chi connectivity index (χ1n) is 9.89. The Hall–Kier alpha value is -1.96. The summed E-state index contributed by atoms with van der Waals surface area (Å²) in [6.45, 7) is 8.10. The molecule has 1 saturated heterocycles. The highest BCUT2D eigenvalue weighted by atomic mass is 32.1. The van der Waals surface area contributed by atoms with Crippen molar-refractivity contribution in [2.45, 2.75) is 38.8 Å². The van der Waals surface area contributed by atoms with E-state index in [4.69, 9.17) is 4.74 Å². The van der Waals surface area contributed by atoms with Gasteiger partial charge < -0.3 is 14.7 Å². The number of amides is 1. The minimum absolute atomic E-state index is 0.0210. The van der Waals surface area contributed by atoms with Gasteiger partial charge in [0.05, 0.1) is 12.2 Å². The topological polar surface area (TPSA) is 65.9 Å². The normalized spacial score (nSPS) is 16.4. The molecule has 0 unspecified atom stereocenters. The minimum atomic E-state index is -0.949. The quantitative estimate of drug-likeness (QED) is 0.734. The van der Waals surface area contributed by atoms with Crippen LogP contribution in [0.4, 0.5) is 0 Å². The Morgan fingerprint density at radius 2 is 1.93 bits per heavy atom. The first kappa shape index (κ1) is 20.8. The second kappa shape index (κ2) is 9.49. The van der Waals surface area contributed by atoms with Gasteiger partial charge in [-0.1, -0.05) is 32.0 Å². The van der Waals surface area contributed by atoms with Gasteiger partial charge in [-0.3, -0.25) is 9.69 Å². The Morgan fingerprint density at radius 1 is 1.25 bits per heavy atom. The van der Waals surface area contributed by atoms with Gasteiger partial charge in [0.25, 0.3) is 5.91 Å². The molecule has 0 atom stereocenters. The van der Waals surface area contributed by atoms with Crippen LogP contribution in [0.25, 0.3) is 0 Å². The van der Waals surface area contributed by atoms with Gasteiger partial charge in [0, 0.05) is 18.5 Å². The third-order valence-corrected chi connectivity index (χ3v) is 6.16. The van der Waals surface area contributed by atoms with E-state index in [2.05, 4.69) is 23.7 Å². The van der Waals surface area contributed by atoms with Crippen molar-refractivity contribution in [2.24, 2.45) is 0 Å². The zero-order chi connectivity index (χ0) is 20.0. The van der Waals surface area contributed by atoms with Crippen molar-refractivity contribution in [2.75, 3.05) is 32.8 Å². The number of aromatic nitrogens is 1. The number of rotatable bonds is 8. The van der Waals surface area contributed by atoms with E-state index in [9.17, 15) is 9.90 Å². The molecule has 1 aromatic heterocycles. The number of carbonyl (C=O) groups excluding carboxylic acids is 1. The van der Waals surface area contributed by atoms with Crippen molar-refractivity contribution in [3.05, 3.63) is 46.4 Å². The summed E-state index contributed by atoms with van der Waals surface area (Å²) in [5, 5.41) is 14.1. The van der Waals surface area contributed by atoms with Gasteiger partial charge in [0.2, 0.25) is 0 Å². The second-order valence-corrected chi connectivity index (χ2v) is 8.04. The number of hydrogen-bond acceptors (Lipinski definition) is 6. The fraction of sp³-hybridized carbons (Fsp3) is 0.524. The molecule has 2 heterocycles. The highest BCUT2D eigenvalue weighted by Gasteiger charge is 2.37. The van der Waals surface area contributed by atoms with Gasteiger partial charge >= 0.3 is 0 Å². The van der Waals surface area contributed by atoms with Gasteiger partial charge in [0.1, 0.15) is 16.4 Å². The minimum Gasteiger partial charge on any atom is -0.484 e. The number of para-hydroxylation sites is 1. The molecule has 2 aromatic rings. The zero-order valence-corrected chi connectivity index (χ0v) is 17.5. The maximum Gasteiger partial charge on any atom is 0.260 e. The van der Waals surface area contributed by atoms with Crippen molar-refractivity contribution >= 4 is 17.2 Å². The zero-order valence-electron chi connectivity index (χ0n) is 16.6. The maximum absolute atomic E-state index is 12.4. The third kappa shape index (κ3) is 5.10. The molecule has 3 rings (SSSR count). The molecule has 0 saturated carbocycles. The highest BCUT2D eigenvalue weighted by molar-refractivity contribution is 7.09. The average Bonchev–Trinajstić information content (AvgIpc) is 3.21. The molecule has 28 heavy (non-hydrogen) atoms. The van der Waals surface area contributed by atoms with E-state index >= 15 is 0 Å². The third-order valence-electron chi connectivity index (χ3n) is 5.33. The van der Waals surface area contributed by atoms with Crippen molar-refractivity contribution in [3.8, 4) is 5.75 Å². The van der Waals surface area contributed by atoms with Gasteiger partial charge in [-0.25, -0.2) is 4.98 Å². The number of likely N-dealkylation sites (tertiary alicyclic amines) is 1. The summed E-state index contributed by atoms with van der Waals surface area (Å²) in [6.07, 6.45) is 0.997. The van der Waals surface area contributed by atoms with E-state index < -0.39 is 5.60 Å². The lowest BCUT2D eigenvalue weighted by atomic mass is 9.89. The number of ether oxygens (including phenoxy) is 1. The number of nitrogens with zero attached hydrogens (tertiary/aromatic N) is 3. The van der Waals surface area contributed by atoms with Crippen LogP contribution in [0.3, 0.4) is 0 Å². The molecular weight excluding hydrogens is 374 g/mol. The van der Waals surface area contributed by atoms with Crippen LogP contribution < -0.4 is 4.74 Å². The molecule has 0 aliphatic carbocycles. The van der Waals surface area contributed by atoms with Crippen molar-refractivity contribution in [1.29, 1.82) is 0 Å². The predicted molar refractivity (Wildman–Crippen MR) is 110 cm³/mol. The van der Waals surface area contributed by atoms with Crippen LogP contribution in [0, 0.1) is 0 Å². The average molecular weight is 404 g/mol. The Balaban J connectivity index is 1.52. The van der Waals surface area contributed by atoms with E-state index in [1.807, 2.05) is 35.7 Å². The molecule has 0 spiro atoms. The van der Waals surface area contributed by atoms with Gasteiger partial charge in [-0.05, 0) is 38.1 Å². The molecule has 6 nitrogen and oxygen atoms in total. The van der Waals surface area contributed by atoms with Crippen LogP contribution in [-0.2, 0) is 16.9 Å². The summed E-state index contributed by atoms with van der Waals surface area (Å²) in [5.41, 5.74) is -0.206. The molecule has 0 radical (unpaired) electrons. The first-order chi connectivity index (χ1) is 13.5. The van der Waals surface area contributed by atoms with Crippen LogP contribution in [0.1, 0.15) is 37.4 Å². The number of carbonyl (C=O) groups is 1. The van der Waals surface area contributed by atoms with Crippen molar-refractivity contribution < 1.29 is 14.6 Å². The lowest BCUT2D eigenvalue weighted by Gasteiger charge is -2.37. The van der Waals surface area contributed by atoms with Crippen molar-refractivity contribution in [3.63, 3.8) is 0 Å². The Labute approximate surface area is 170 Å². The smallest absolute Gasteiger partial charge is 0.260 e. The molecule has 0 bridgehead atoms. The molecule has 1 amide bonds. The number of piperidine rings is 1. The van der Waals surface area contributed by atoms with Crippen LogP contribution in [0.15, 0.2) is 35.7 Å². The molecule has 7 heteroatoms. The highest BCUT2D eigenvalue weighted by Crippen LogP contribution is 2.33. The maximum atomic E-state index is 12.4. The van der Waals surface area contributed by atoms with E-state index in [0.717, 1.165) is 30.3 Å². The molecule has 1 aliphatic rings. The van der Waals surface area contributed by atoms with E-state index in [-0.39, 0.29) is 12.5 Å². The molecule has 152 valence electrons. The van der Waals surface area contributed by atoms with Crippen LogP contribution >= 0.6 is 11.3 Å². The molecular formula is C21H29N3O3S. The standard InChI is InChI=1S/C21H29N3O3S/c1-3-23(4-2)14-19-22-18(16-28-19)21(26)10-12-24(13-11-21)20(25)15-27-17-8-6-5-7-9-17/h5-9,16,26H,3-4,10-15H2,1-2H3. The lowest BCUT2D eigenvalue weighted by Crippen LogP contribution is -2.46. The summed E-state index contributed by atoms with van der Waals surface area (Å²) in [4.78, 5) is 21.2. The number of aliphatic hydroxyl groups is 1. The van der Waals surface area contributed by atoms with E-state index in [0.29, 0.717) is 31.7 Å². The first-order valence-corrected chi connectivity index (χ1v) is 10.8. The van der Waals surface area contributed by atoms with Crippen molar-refractivity contribution in [1.82, 2.24) is 14.8 Å². The summed E-state index contributed by atoms with van der Waals surface area (Å²) < 4.78 is 5.55. The molecule has 1 aromatic carbocycles. The Kier molecular flexibility index (Phi) is 7.04. The Morgan fingerprint density at radius 3 is 2.57 bits per heavy atom. The SMILES string of the molecule is CCN(CC)Cc1nc(C2(O)CCN(C(=O)COc3ccccc3)CC2)cs1. The predicted octanol–water partition coefficient (Wildman–Crippen LogP) is 2.87. The van der Waals surface area contributed by atoms with Crippen LogP contribution in [0.5, 0.6) is 5.75 Å². The summed E-state index contributed by atoms with van der Waals surface area (Å²) in [7, 11) is 0. The molecule has 1 aliphatic heterocycles. The van der Waals surface area contributed by atoms with Crippen LogP contribution in [-0.4, -0.2) is 58.6 Å². The number of thiazole rings is 1. The fourth-order valence-electron chi connectivity index (χ4n) is 3.37. The van der Waals surface area contributed by atoms with Crippen LogP contribution in [0.2, 0.25) is 0 Å². The summed E-state index contributed by atoms with van der Waals surface area (Å²) >= 11 is 1.60. The number of benzene rings is 1. The number of hydrogen-bond donors (Lipinski definition) is 1. The van der Waals surface area contributed by atoms with Gasteiger partial charge in [-0.15, -0.1) is 11.3 Å². The van der Waals surface area contributed by atoms with E-state index in [1.54, 1.807) is 16.2 Å². The Bertz CT molecular complexity index is 753.